The molecule has 0 bridgehead atoms. The summed E-state index contributed by atoms with van der Waals surface area (Å²) in [5, 5.41) is 16.7. The van der Waals surface area contributed by atoms with Gasteiger partial charge in [0.15, 0.2) is 6.10 Å². The van der Waals surface area contributed by atoms with Gasteiger partial charge in [-0.05, 0) is 36.8 Å². The van der Waals surface area contributed by atoms with E-state index in [4.69, 9.17) is 15.1 Å². The van der Waals surface area contributed by atoms with Crippen molar-refractivity contribution in [3.8, 4) is 11.8 Å². The molecule has 1 atom stereocenters. The lowest BCUT2D eigenvalue weighted by atomic mass is 10.2. The second-order valence-corrected chi connectivity index (χ2v) is 6.98. The number of carbonyl (C=O) groups is 1. The van der Waals surface area contributed by atoms with Crippen LogP contribution in [0.25, 0.3) is 0 Å². The largest absolute Gasteiger partial charge is 0.480 e. The average Bonchev–Trinajstić information content (AvgIpc) is 2.55. The summed E-state index contributed by atoms with van der Waals surface area (Å²) in [4.78, 5) is 12.2. The molecule has 1 amide bonds. The number of nitrogens with two attached hydrogens (primary N) is 1. The van der Waals surface area contributed by atoms with Crippen molar-refractivity contribution < 1.29 is 17.9 Å². The lowest BCUT2D eigenvalue weighted by Gasteiger charge is -2.15. The molecule has 7 nitrogen and oxygen atoms in total. The summed E-state index contributed by atoms with van der Waals surface area (Å²) in [6.45, 7) is 1.57. The van der Waals surface area contributed by atoms with E-state index in [2.05, 4.69) is 5.32 Å². The summed E-state index contributed by atoms with van der Waals surface area (Å²) in [5.41, 5.74) is 1.36. The molecule has 8 heteroatoms. The molecule has 0 aliphatic rings. The number of primary sulfonamides is 1. The Labute approximate surface area is 146 Å². The third-order valence-corrected chi connectivity index (χ3v) is 4.01. The van der Waals surface area contributed by atoms with Gasteiger partial charge in [-0.3, -0.25) is 4.79 Å². The molecule has 2 aromatic carbocycles. The molecule has 0 saturated carbocycles. The molecule has 1 unspecified atom stereocenters. The first-order valence-electron chi connectivity index (χ1n) is 7.34. The lowest BCUT2D eigenvalue weighted by Crippen LogP contribution is -2.30. The van der Waals surface area contributed by atoms with E-state index in [9.17, 15) is 13.2 Å². The highest BCUT2D eigenvalue weighted by molar-refractivity contribution is 7.88. The monoisotopic (exact) mass is 359 g/mol. The highest BCUT2D eigenvalue weighted by Crippen LogP contribution is 2.19. The zero-order chi connectivity index (χ0) is 18.4. The van der Waals surface area contributed by atoms with E-state index in [1.54, 1.807) is 55.5 Å². The molecule has 0 saturated heterocycles. The number of rotatable bonds is 6. The van der Waals surface area contributed by atoms with Crippen molar-refractivity contribution in [2.24, 2.45) is 5.14 Å². The molecule has 2 rings (SSSR count). The molecule has 0 aromatic heterocycles. The molecule has 0 fully saturated rings. The fourth-order valence-corrected chi connectivity index (χ4v) is 2.72. The quantitative estimate of drug-likeness (QED) is 0.813. The van der Waals surface area contributed by atoms with Gasteiger partial charge in [0.25, 0.3) is 5.91 Å². The summed E-state index contributed by atoms with van der Waals surface area (Å²) in [7, 11) is -3.60. The van der Waals surface area contributed by atoms with Crippen molar-refractivity contribution in [1.29, 1.82) is 5.26 Å². The Morgan fingerprint density at radius 3 is 2.48 bits per heavy atom. The van der Waals surface area contributed by atoms with Gasteiger partial charge in [-0.15, -0.1) is 0 Å². The maximum atomic E-state index is 12.2. The van der Waals surface area contributed by atoms with E-state index in [-0.39, 0.29) is 5.75 Å². The number of benzene rings is 2. The first-order chi connectivity index (χ1) is 11.8. The fourth-order valence-electron chi connectivity index (χ4n) is 2.07. The van der Waals surface area contributed by atoms with Crippen LogP contribution in [0.3, 0.4) is 0 Å². The van der Waals surface area contributed by atoms with Crippen LogP contribution < -0.4 is 15.2 Å². The third kappa shape index (κ3) is 5.60. The van der Waals surface area contributed by atoms with E-state index in [1.165, 1.54) is 0 Å². The van der Waals surface area contributed by atoms with Gasteiger partial charge in [0.05, 0.1) is 11.3 Å². The highest BCUT2D eigenvalue weighted by atomic mass is 32.2. The Morgan fingerprint density at radius 1 is 1.24 bits per heavy atom. The van der Waals surface area contributed by atoms with E-state index >= 15 is 0 Å². The van der Waals surface area contributed by atoms with Crippen LogP contribution in [0.2, 0.25) is 0 Å². The van der Waals surface area contributed by atoms with Crippen LogP contribution in [0.5, 0.6) is 5.75 Å². The second kappa shape index (κ2) is 7.79. The van der Waals surface area contributed by atoms with Crippen molar-refractivity contribution in [2.45, 2.75) is 18.8 Å². The van der Waals surface area contributed by atoms with Crippen LogP contribution in [0, 0.1) is 11.3 Å². The summed E-state index contributed by atoms with van der Waals surface area (Å²) in [6.07, 6.45) is -0.821. The van der Waals surface area contributed by atoms with Crippen LogP contribution in [-0.2, 0) is 20.6 Å². The topological polar surface area (TPSA) is 122 Å². The number of nitriles is 1. The van der Waals surface area contributed by atoms with E-state index in [0.29, 0.717) is 22.6 Å². The molecular weight excluding hydrogens is 342 g/mol. The van der Waals surface area contributed by atoms with Crippen molar-refractivity contribution >= 4 is 21.6 Å². The Hall–Kier alpha value is -2.89. The molecule has 0 radical (unpaired) electrons. The molecule has 3 N–H and O–H groups in total. The minimum atomic E-state index is -3.60. The number of nitrogens with one attached hydrogen (secondary N) is 1. The van der Waals surface area contributed by atoms with Gasteiger partial charge in [0, 0.05) is 5.69 Å². The maximum Gasteiger partial charge on any atom is 0.265 e. The summed E-state index contributed by atoms with van der Waals surface area (Å²) in [5.74, 6) is -0.339. The summed E-state index contributed by atoms with van der Waals surface area (Å²) in [6, 6.07) is 14.9. The number of hydrogen-bond donors (Lipinski definition) is 2. The van der Waals surface area contributed by atoms with Crippen LogP contribution in [0.1, 0.15) is 18.1 Å². The molecule has 0 aliphatic heterocycles. The van der Waals surface area contributed by atoms with Gasteiger partial charge in [-0.2, -0.15) is 5.26 Å². The van der Waals surface area contributed by atoms with Gasteiger partial charge < -0.3 is 10.1 Å². The van der Waals surface area contributed by atoms with Crippen LogP contribution in [-0.4, -0.2) is 20.4 Å². The molecular formula is C17H17N3O4S. The Morgan fingerprint density at radius 2 is 1.88 bits per heavy atom. The van der Waals surface area contributed by atoms with Gasteiger partial charge >= 0.3 is 0 Å². The van der Waals surface area contributed by atoms with Gasteiger partial charge in [0.1, 0.15) is 11.8 Å². The molecule has 0 spiro atoms. The molecule has 0 aliphatic carbocycles. The summed E-state index contributed by atoms with van der Waals surface area (Å²) < 4.78 is 27.6. The zero-order valence-corrected chi connectivity index (χ0v) is 14.3. The van der Waals surface area contributed by atoms with Crippen LogP contribution >= 0.6 is 0 Å². The number of carbonyl (C=O) groups excluding carboxylic acids is 1. The lowest BCUT2D eigenvalue weighted by molar-refractivity contribution is -0.122. The van der Waals surface area contributed by atoms with Crippen molar-refractivity contribution in [1.82, 2.24) is 0 Å². The number of para-hydroxylation sites is 1. The highest BCUT2D eigenvalue weighted by Gasteiger charge is 2.16. The van der Waals surface area contributed by atoms with Gasteiger partial charge in [0.2, 0.25) is 10.0 Å². The SMILES string of the molecule is CC(Oc1ccccc1C#N)C(=O)Nc1ccc(CS(N)(=O)=O)cc1. The van der Waals surface area contributed by atoms with Gasteiger partial charge in [-0.1, -0.05) is 24.3 Å². The number of hydrogen-bond acceptors (Lipinski definition) is 5. The maximum absolute atomic E-state index is 12.2. The number of ether oxygens (including phenoxy) is 1. The number of amides is 1. The van der Waals surface area contributed by atoms with Crippen molar-refractivity contribution in [2.75, 3.05) is 5.32 Å². The molecule has 130 valence electrons. The molecule has 2 aromatic rings. The minimum Gasteiger partial charge on any atom is -0.480 e. The minimum absolute atomic E-state index is 0.272. The van der Waals surface area contributed by atoms with E-state index < -0.39 is 22.0 Å². The predicted octanol–water partition coefficient (Wildman–Crippen LogP) is 1.75. The average molecular weight is 359 g/mol. The smallest absolute Gasteiger partial charge is 0.265 e. The zero-order valence-electron chi connectivity index (χ0n) is 13.5. The van der Waals surface area contributed by atoms with E-state index in [1.807, 2.05) is 6.07 Å². The predicted molar refractivity (Wildman–Crippen MR) is 93.1 cm³/mol. The van der Waals surface area contributed by atoms with Crippen LogP contribution in [0.15, 0.2) is 48.5 Å². The number of sulfonamides is 1. The third-order valence-electron chi connectivity index (χ3n) is 3.27. The Balaban J connectivity index is 2.00. The fraction of sp³-hybridized carbons (Fsp3) is 0.176. The standard InChI is InChI=1S/C17H17N3O4S/c1-12(24-16-5-3-2-4-14(16)10-18)17(21)20-15-8-6-13(7-9-15)11-25(19,22)23/h2-9,12H,11H2,1H3,(H,20,21)(H2,19,22,23). The van der Waals surface area contributed by atoms with Crippen LogP contribution in [0.4, 0.5) is 5.69 Å². The van der Waals surface area contributed by atoms with Crippen molar-refractivity contribution in [3.05, 3.63) is 59.7 Å². The first-order valence-corrected chi connectivity index (χ1v) is 9.06. The number of anilines is 1. The van der Waals surface area contributed by atoms with E-state index in [0.717, 1.165) is 0 Å². The van der Waals surface area contributed by atoms with Gasteiger partial charge in [-0.25, -0.2) is 13.6 Å². The molecule has 0 heterocycles. The first kappa shape index (κ1) is 18.4. The van der Waals surface area contributed by atoms with Crippen molar-refractivity contribution in [3.63, 3.8) is 0 Å². The number of nitrogens with zero attached hydrogens (tertiary/aromatic N) is 1. The molecule has 25 heavy (non-hydrogen) atoms. The normalized spacial score (nSPS) is 12.0. The summed E-state index contributed by atoms with van der Waals surface area (Å²) >= 11 is 0. The Kier molecular flexibility index (Phi) is 5.75. The Bertz CT molecular complexity index is 902. The second-order valence-electron chi connectivity index (χ2n) is 5.36.